The van der Waals surface area contributed by atoms with Crippen LogP contribution in [0.4, 0.5) is 4.39 Å². The summed E-state index contributed by atoms with van der Waals surface area (Å²) in [6.45, 7) is 0.580. The lowest BCUT2D eigenvalue weighted by Gasteiger charge is -2.13. The maximum Gasteiger partial charge on any atom is 0.131 e. The number of halogens is 3. The van der Waals surface area contributed by atoms with Gasteiger partial charge in [0.05, 0.1) is 0 Å². The van der Waals surface area contributed by atoms with Crippen LogP contribution in [0.25, 0.3) is 0 Å². The molecule has 0 amide bonds. The van der Waals surface area contributed by atoms with Crippen molar-refractivity contribution in [2.45, 2.75) is 13.0 Å². The van der Waals surface area contributed by atoms with Crippen molar-refractivity contribution >= 4 is 23.2 Å². The second kappa shape index (κ2) is 6.93. The summed E-state index contributed by atoms with van der Waals surface area (Å²) < 4.78 is 19.3. The van der Waals surface area contributed by atoms with Crippen molar-refractivity contribution in [3.05, 3.63) is 63.4 Å². The number of nitrogens with two attached hydrogens (primary N) is 1. The Morgan fingerprint density at radius 1 is 1.15 bits per heavy atom. The summed E-state index contributed by atoms with van der Waals surface area (Å²) in [5.41, 5.74) is 6.83. The first-order chi connectivity index (χ1) is 9.61. The van der Waals surface area contributed by atoms with Gasteiger partial charge in [-0.1, -0.05) is 35.3 Å². The fourth-order valence-electron chi connectivity index (χ4n) is 1.86. The SMILES string of the molecule is NCCc1c(Cl)cccc1OCc1ccc(Cl)cc1F. The van der Waals surface area contributed by atoms with Gasteiger partial charge in [0.15, 0.2) is 0 Å². The molecule has 2 N–H and O–H groups in total. The summed E-state index contributed by atoms with van der Waals surface area (Å²) in [7, 11) is 0. The second-order valence-electron chi connectivity index (χ2n) is 4.28. The van der Waals surface area contributed by atoms with E-state index in [-0.39, 0.29) is 12.4 Å². The van der Waals surface area contributed by atoms with Crippen LogP contribution in [0.15, 0.2) is 36.4 Å². The molecule has 20 heavy (non-hydrogen) atoms. The van der Waals surface area contributed by atoms with Gasteiger partial charge in [0.1, 0.15) is 18.2 Å². The number of hydrogen-bond acceptors (Lipinski definition) is 2. The minimum absolute atomic E-state index is 0.112. The Morgan fingerprint density at radius 3 is 2.65 bits per heavy atom. The zero-order valence-electron chi connectivity index (χ0n) is 10.7. The fraction of sp³-hybridized carbons (Fsp3) is 0.200. The van der Waals surface area contributed by atoms with Gasteiger partial charge in [-0.25, -0.2) is 4.39 Å². The number of hydrogen-bond donors (Lipinski definition) is 1. The maximum atomic E-state index is 13.7. The quantitative estimate of drug-likeness (QED) is 0.897. The molecule has 106 valence electrons. The van der Waals surface area contributed by atoms with Crippen molar-refractivity contribution < 1.29 is 9.13 Å². The van der Waals surface area contributed by atoms with Crippen molar-refractivity contribution in [2.75, 3.05) is 6.54 Å². The number of benzene rings is 2. The normalized spacial score (nSPS) is 10.6. The lowest BCUT2D eigenvalue weighted by Crippen LogP contribution is -2.06. The van der Waals surface area contributed by atoms with E-state index in [0.717, 1.165) is 5.56 Å². The zero-order valence-corrected chi connectivity index (χ0v) is 12.2. The van der Waals surface area contributed by atoms with E-state index >= 15 is 0 Å². The first kappa shape index (κ1) is 15.1. The minimum Gasteiger partial charge on any atom is -0.488 e. The number of rotatable bonds is 5. The molecule has 0 spiro atoms. The van der Waals surface area contributed by atoms with Gasteiger partial charge >= 0.3 is 0 Å². The summed E-state index contributed by atoms with van der Waals surface area (Å²) in [4.78, 5) is 0. The van der Waals surface area contributed by atoms with E-state index in [2.05, 4.69) is 0 Å². The van der Waals surface area contributed by atoms with Crippen LogP contribution in [0.5, 0.6) is 5.75 Å². The Balaban J connectivity index is 2.16. The van der Waals surface area contributed by atoms with Gasteiger partial charge in [0.25, 0.3) is 0 Å². The minimum atomic E-state index is -0.389. The van der Waals surface area contributed by atoms with Crippen LogP contribution in [0.2, 0.25) is 10.0 Å². The van der Waals surface area contributed by atoms with Crippen LogP contribution in [0.3, 0.4) is 0 Å². The van der Waals surface area contributed by atoms with Crippen molar-refractivity contribution in [2.24, 2.45) is 5.73 Å². The largest absolute Gasteiger partial charge is 0.488 e. The Labute approximate surface area is 127 Å². The monoisotopic (exact) mass is 313 g/mol. The van der Waals surface area contributed by atoms with Gasteiger partial charge in [0.2, 0.25) is 0 Å². The van der Waals surface area contributed by atoms with Crippen LogP contribution < -0.4 is 10.5 Å². The third-order valence-corrected chi connectivity index (χ3v) is 3.46. The lowest BCUT2D eigenvalue weighted by molar-refractivity contribution is 0.297. The van der Waals surface area contributed by atoms with Gasteiger partial charge in [0, 0.05) is 21.2 Å². The van der Waals surface area contributed by atoms with Gasteiger partial charge in [-0.05, 0) is 37.2 Å². The predicted octanol–water partition coefficient (Wildman–Crippen LogP) is 4.21. The Hall–Kier alpha value is -1.29. The molecule has 0 fully saturated rings. The van der Waals surface area contributed by atoms with E-state index in [1.165, 1.54) is 6.07 Å². The van der Waals surface area contributed by atoms with Crippen molar-refractivity contribution in [1.29, 1.82) is 0 Å². The predicted molar refractivity (Wildman–Crippen MR) is 80.0 cm³/mol. The molecule has 2 nitrogen and oxygen atoms in total. The second-order valence-corrected chi connectivity index (χ2v) is 5.12. The van der Waals surface area contributed by atoms with E-state index in [1.807, 2.05) is 0 Å². The standard InChI is InChI=1S/C15H14Cl2FNO/c16-11-5-4-10(14(18)8-11)9-20-15-3-1-2-13(17)12(15)6-7-19/h1-5,8H,6-7,9,19H2. The molecule has 0 saturated carbocycles. The molecule has 0 aliphatic rings. The molecule has 2 rings (SSSR count). The molecule has 0 radical (unpaired) electrons. The molecule has 0 heterocycles. The third kappa shape index (κ3) is 3.63. The van der Waals surface area contributed by atoms with Crippen LogP contribution in [0, 0.1) is 5.82 Å². The highest BCUT2D eigenvalue weighted by atomic mass is 35.5. The van der Waals surface area contributed by atoms with Gasteiger partial charge in [-0.2, -0.15) is 0 Å². The summed E-state index contributed by atoms with van der Waals surface area (Å²) in [6.07, 6.45) is 0.609. The average molecular weight is 314 g/mol. The summed E-state index contributed by atoms with van der Waals surface area (Å²) in [6, 6.07) is 9.86. The van der Waals surface area contributed by atoms with Gasteiger partial charge in [-0.15, -0.1) is 0 Å². The van der Waals surface area contributed by atoms with Crippen LogP contribution in [0.1, 0.15) is 11.1 Å². The molecule has 0 saturated heterocycles. The van der Waals surface area contributed by atoms with Crippen LogP contribution in [-0.2, 0) is 13.0 Å². The molecular formula is C15H14Cl2FNO. The molecular weight excluding hydrogens is 300 g/mol. The molecule has 0 aromatic heterocycles. The highest BCUT2D eigenvalue weighted by Gasteiger charge is 2.09. The Bertz CT molecular complexity index is 604. The zero-order chi connectivity index (χ0) is 14.5. The van der Waals surface area contributed by atoms with Gasteiger partial charge in [-0.3, -0.25) is 0 Å². The summed E-state index contributed by atoms with van der Waals surface area (Å²) in [5, 5.41) is 0.961. The van der Waals surface area contributed by atoms with E-state index in [1.54, 1.807) is 30.3 Å². The molecule has 0 aliphatic carbocycles. The first-order valence-electron chi connectivity index (χ1n) is 6.16. The van der Waals surface area contributed by atoms with Crippen LogP contribution >= 0.6 is 23.2 Å². The van der Waals surface area contributed by atoms with E-state index in [9.17, 15) is 4.39 Å². The fourth-order valence-corrected chi connectivity index (χ4v) is 2.27. The Kier molecular flexibility index (Phi) is 5.24. The number of ether oxygens (including phenoxy) is 1. The molecule has 0 unspecified atom stereocenters. The average Bonchev–Trinajstić information content (AvgIpc) is 2.41. The molecule has 2 aromatic carbocycles. The van der Waals surface area contributed by atoms with E-state index in [0.29, 0.717) is 34.3 Å². The molecule has 0 bridgehead atoms. The first-order valence-corrected chi connectivity index (χ1v) is 6.91. The van der Waals surface area contributed by atoms with Crippen LogP contribution in [-0.4, -0.2) is 6.54 Å². The smallest absolute Gasteiger partial charge is 0.131 e. The topological polar surface area (TPSA) is 35.2 Å². The molecule has 2 aromatic rings. The molecule has 0 atom stereocenters. The van der Waals surface area contributed by atoms with Crippen molar-refractivity contribution in [3.63, 3.8) is 0 Å². The third-order valence-electron chi connectivity index (χ3n) is 2.87. The van der Waals surface area contributed by atoms with Gasteiger partial charge < -0.3 is 10.5 Å². The highest BCUT2D eigenvalue weighted by Crippen LogP contribution is 2.27. The summed E-state index contributed by atoms with van der Waals surface area (Å²) in [5.74, 6) is 0.234. The molecule has 5 heteroatoms. The van der Waals surface area contributed by atoms with Crippen molar-refractivity contribution in [3.8, 4) is 5.75 Å². The molecule has 0 aliphatic heterocycles. The van der Waals surface area contributed by atoms with E-state index in [4.69, 9.17) is 33.7 Å². The lowest BCUT2D eigenvalue weighted by atomic mass is 10.1. The maximum absolute atomic E-state index is 13.7. The van der Waals surface area contributed by atoms with E-state index < -0.39 is 0 Å². The Morgan fingerprint density at radius 2 is 1.95 bits per heavy atom. The van der Waals surface area contributed by atoms with Crippen molar-refractivity contribution in [1.82, 2.24) is 0 Å². The summed E-state index contributed by atoms with van der Waals surface area (Å²) >= 11 is 11.8. The highest BCUT2D eigenvalue weighted by molar-refractivity contribution is 6.31.